The summed E-state index contributed by atoms with van der Waals surface area (Å²) < 4.78 is 75.7. The van der Waals surface area contributed by atoms with Gasteiger partial charge in [0.2, 0.25) is 10.0 Å². The minimum absolute atomic E-state index is 0.0539. The number of likely N-dealkylation sites (tertiary alicyclic amines) is 1. The molecule has 0 aliphatic carbocycles. The molecule has 1 aliphatic rings. The van der Waals surface area contributed by atoms with E-state index in [-0.39, 0.29) is 41.0 Å². The predicted octanol–water partition coefficient (Wildman–Crippen LogP) is 4.15. The largest absolute Gasteiger partial charge is 0.495 e. The summed E-state index contributed by atoms with van der Waals surface area (Å²) in [4.78, 5) is 13.3. The van der Waals surface area contributed by atoms with Crippen molar-refractivity contribution in [1.82, 2.24) is 9.47 Å². The van der Waals surface area contributed by atoms with Crippen LogP contribution in [0.1, 0.15) is 32.4 Å². The first kappa shape index (κ1) is 33.0. The number of carbonyl (C=O) groups is 1. The fourth-order valence-electron chi connectivity index (χ4n) is 5.30. The van der Waals surface area contributed by atoms with E-state index in [9.17, 15) is 26.4 Å². The van der Waals surface area contributed by atoms with Crippen LogP contribution in [-0.4, -0.2) is 75.5 Å². The number of anilines is 2. The molecular formula is C30H36F3N5O5S. The topological polar surface area (TPSA) is 128 Å². The molecule has 0 spiro atoms. The van der Waals surface area contributed by atoms with Gasteiger partial charge in [-0.15, -0.1) is 0 Å². The van der Waals surface area contributed by atoms with E-state index in [0.717, 1.165) is 36.2 Å². The average molecular weight is 636 g/mol. The van der Waals surface area contributed by atoms with Crippen molar-refractivity contribution >= 4 is 38.3 Å². The van der Waals surface area contributed by atoms with Crippen LogP contribution < -0.4 is 20.5 Å². The second-order valence-corrected chi connectivity index (χ2v) is 12.2. The molecule has 14 heteroatoms. The van der Waals surface area contributed by atoms with Crippen molar-refractivity contribution in [2.75, 3.05) is 43.9 Å². The number of ether oxygens (including phenoxy) is 2. The van der Waals surface area contributed by atoms with Crippen LogP contribution in [0.4, 0.5) is 24.5 Å². The molecule has 1 fully saturated rings. The lowest BCUT2D eigenvalue weighted by atomic mass is 10.0. The van der Waals surface area contributed by atoms with E-state index in [0.29, 0.717) is 23.1 Å². The number of hydrogen-bond acceptors (Lipinski definition) is 8. The summed E-state index contributed by atoms with van der Waals surface area (Å²) in [7, 11) is -2.55. The number of piperidine rings is 1. The summed E-state index contributed by atoms with van der Waals surface area (Å²) in [5, 5.41) is 12.3. The van der Waals surface area contributed by atoms with Gasteiger partial charge >= 0.3 is 12.1 Å². The zero-order valence-corrected chi connectivity index (χ0v) is 25.5. The molecule has 1 aromatic heterocycles. The fourth-order valence-corrected chi connectivity index (χ4v) is 5.83. The van der Waals surface area contributed by atoms with Crippen molar-refractivity contribution in [2.24, 2.45) is 5.14 Å². The van der Waals surface area contributed by atoms with Crippen LogP contribution in [0.5, 0.6) is 5.75 Å². The number of rotatable bonds is 10. The van der Waals surface area contributed by atoms with Crippen molar-refractivity contribution in [3.8, 4) is 17.6 Å². The van der Waals surface area contributed by atoms with Gasteiger partial charge in [0.1, 0.15) is 18.4 Å². The molecule has 44 heavy (non-hydrogen) atoms. The minimum atomic E-state index is -4.46. The Balaban J connectivity index is 1.50. The number of nitrogens with one attached hydrogen (secondary N) is 2. The Bertz CT molecular complexity index is 1650. The molecule has 0 radical (unpaired) electrons. The molecule has 0 saturated carbocycles. The van der Waals surface area contributed by atoms with E-state index in [1.54, 1.807) is 18.2 Å². The highest BCUT2D eigenvalue weighted by Gasteiger charge is 2.30. The van der Waals surface area contributed by atoms with Crippen LogP contribution in [0, 0.1) is 11.8 Å². The highest BCUT2D eigenvalue weighted by molar-refractivity contribution is 7.89. The van der Waals surface area contributed by atoms with Gasteiger partial charge in [0.05, 0.1) is 35.4 Å². The number of sulfonamides is 1. The molecule has 10 nitrogen and oxygen atoms in total. The molecule has 1 saturated heterocycles. The molecule has 1 aliphatic heterocycles. The van der Waals surface area contributed by atoms with Gasteiger partial charge in [0, 0.05) is 49.7 Å². The third-order valence-corrected chi connectivity index (χ3v) is 8.11. The lowest BCUT2D eigenvalue weighted by molar-refractivity contribution is -0.146. The minimum Gasteiger partial charge on any atom is -0.495 e. The molecular weight excluding hydrogens is 599 g/mol. The Kier molecular flexibility index (Phi) is 10.3. The normalized spacial score (nSPS) is 15.3. The molecule has 0 bridgehead atoms. The van der Waals surface area contributed by atoms with E-state index >= 15 is 0 Å². The smallest absolute Gasteiger partial charge is 0.406 e. The molecule has 1 unspecified atom stereocenters. The number of hydrogen-bond donors (Lipinski definition) is 3. The first-order chi connectivity index (χ1) is 20.7. The number of benzene rings is 2. The number of aromatic nitrogens is 1. The third-order valence-electron chi connectivity index (χ3n) is 7.20. The van der Waals surface area contributed by atoms with Gasteiger partial charge in [-0.05, 0) is 56.0 Å². The molecule has 4 rings (SSSR count). The second-order valence-electron chi connectivity index (χ2n) is 10.7. The summed E-state index contributed by atoms with van der Waals surface area (Å²) in [6, 6.07) is 11.1. The predicted molar refractivity (Wildman–Crippen MR) is 162 cm³/mol. The lowest BCUT2D eigenvalue weighted by Gasteiger charge is -2.34. The first-order valence-electron chi connectivity index (χ1n) is 14.0. The summed E-state index contributed by atoms with van der Waals surface area (Å²) >= 11 is 0. The molecule has 2 heterocycles. The maximum Gasteiger partial charge on any atom is 0.406 e. The van der Waals surface area contributed by atoms with Gasteiger partial charge in [0.15, 0.2) is 0 Å². The van der Waals surface area contributed by atoms with E-state index in [1.807, 2.05) is 13.0 Å². The Morgan fingerprint density at radius 3 is 2.52 bits per heavy atom. The van der Waals surface area contributed by atoms with Crippen LogP contribution in [0.15, 0.2) is 47.4 Å². The zero-order valence-electron chi connectivity index (χ0n) is 24.7. The number of nitrogens with two attached hydrogens (primary N) is 1. The number of halogens is 3. The van der Waals surface area contributed by atoms with Crippen LogP contribution in [0.2, 0.25) is 0 Å². The van der Waals surface area contributed by atoms with Gasteiger partial charge in [-0.1, -0.05) is 12.0 Å². The van der Waals surface area contributed by atoms with Crippen molar-refractivity contribution in [3.63, 3.8) is 0 Å². The van der Waals surface area contributed by atoms with E-state index in [2.05, 4.69) is 27.4 Å². The number of primary sulfonamides is 1. The van der Waals surface area contributed by atoms with Crippen LogP contribution >= 0.6 is 0 Å². The number of fused-ring (bicyclic) bond motifs is 1. The van der Waals surface area contributed by atoms with Crippen molar-refractivity contribution in [2.45, 2.75) is 56.5 Å². The van der Waals surface area contributed by atoms with Crippen molar-refractivity contribution < 1.29 is 35.9 Å². The quantitative estimate of drug-likeness (QED) is 0.224. The summed E-state index contributed by atoms with van der Waals surface area (Å²) in [5.74, 6) is 5.64. The Morgan fingerprint density at radius 2 is 1.89 bits per heavy atom. The monoisotopic (exact) mass is 635 g/mol. The number of alkyl halides is 3. The van der Waals surface area contributed by atoms with Crippen molar-refractivity contribution in [3.05, 3.63) is 48.2 Å². The van der Waals surface area contributed by atoms with Crippen LogP contribution in [0.3, 0.4) is 0 Å². The number of nitrogens with zero attached hydrogens (tertiary/aromatic N) is 2. The summed E-state index contributed by atoms with van der Waals surface area (Å²) in [5.41, 5.74) is 1.80. The van der Waals surface area contributed by atoms with Gasteiger partial charge in [-0.25, -0.2) is 13.6 Å². The van der Waals surface area contributed by atoms with Crippen molar-refractivity contribution in [1.29, 1.82) is 0 Å². The lowest BCUT2D eigenvalue weighted by Crippen LogP contribution is -2.42. The van der Waals surface area contributed by atoms with Crippen LogP contribution in [0.25, 0.3) is 10.9 Å². The number of esters is 1. The van der Waals surface area contributed by atoms with Gasteiger partial charge < -0.3 is 24.7 Å². The Hall–Kier alpha value is -3.93. The molecule has 238 valence electrons. The average Bonchev–Trinajstić information content (AvgIpc) is 3.27. The second kappa shape index (κ2) is 13.8. The Labute approximate surface area is 254 Å². The summed E-state index contributed by atoms with van der Waals surface area (Å²) in [6.07, 6.45) is -3.01. The molecule has 4 N–H and O–H groups in total. The van der Waals surface area contributed by atoms with Gasteiger partial charge in [0.25, 0.3) is 0 Å². The first-order valence-corrected chi connectivity index (χ1v) is 15.6. The Morgan fingerprint density at radius 1 is 1.16 bits per heavy atom. The molecule has 0 amide bonds. The van der Waals surface area contributed by atoms with E-state index < -0.39 is 22.7 Å². The van der Waals surface area contributed by atoms with Gasteiger partial charge in [-0.3, -0.25) is 9.69 Å². The highest BCUT2D eigenvalue weighted by atomic mass is 32.2. The molecule has 3 aromatic rings. The van der Waals surface area contributed by atoms with Crippen LogP contribution in [-0.2, 0) is 26.1 Å². The summed E-state index contributed by atoms with van der Waals surface area (Å²) in [6.45, 7) is 4.35. The third kappa shape index (κ3) is 8.81. The highest BCUT2D eigenvalue weighted by Crippen LogP contribution is 2.31. The number of carbonyl (C=O) groups excluding carboxylic acids is 1. The number of methoxy groups -OCH3 is 1. The van der Waals surface area contributed by atoms with E-state index in [4.69, 9.17) is 14.6 Å². The maximum absolute atomic E-state index is 13.6. The van der Waals surface area contributed by atoms with Gasteiger partial charge in [-0.2, -0.15) is 13.2 Å². The maximum atomic E-state index is 13.6. The van der Waals surface area contributed by atoms with E-state index in [1.165, 1.54) is 32.2 Å². The zero-order chi connectivity index (χ0) is 32.1. The molecule has 1 atom stereocenters. The SMILES string of the molecule is COc1cc(S(N)(=O)=O)ccc1NCC#Cc1cc2c(NC3CCN(CC(C)OC(C)=O)CC3)cccc2n1CC(F)(F)F. The fraction of sp³-hybridized carbons (Fsp3) is 0.433. The molecule has 2 aromatic carbocycles. The standard InChI is InChI=1S/C30H36F3N5O5S/c1-20(43-21(2)39)18-37-14-11-22(12-15-37)36-26-7-4-8-28-25(26)16-23(38(28)19-30(31,32)33)6-5-13-35-27-10-9-24(44(34,40)41)17-29(27)42-3/h4,7-10,16-17,20,22,35-36H,11-15,18-19H2,1-3H3,(H2,34,40,41).